The number of hydrogen-bond acceptors (Lipinski definition) is 6. The predicted octanol–water partition coefficient (Wildman–Crippen LogP) is 3.94. The van der Waals surface area contributed by atoms with E-state index in [1.165, 1.54) is 0 Å². The third kappa shape index (κ3) is 4.66. The zero-order chi connectivity index (χ0) is 25.4. The molecular formula is C26H28N6O4. The number of nitrogens with one attached hydrogen (secondary N) is 2. The third-order valence-corrected chi connectivity index (χ3v) is 6.17. The molecule has 3 aromatic heterocycles. The van der Waals surface area contributed by atoms with Gasteiger partial charge in [-0.2, -0.15) is 5.10 Å². The van der Waals surface area contributed by atoms with E-state index >= 15 is 0 Å². The van der Waals surface area contributed by atoms with Crippen molar-refractivity contribution in [3.8, 4) is 0 Å². The van der Waals surface area contributed by atoms with Crippen LogP contribution in [0.5, 0.6) is 0 Å². The number of likely N-dealkylation sites (tertiary alicyclic amines) is 1. The molecule has 1 aliphatic rings. The largest absolute Gasteiger partial charge is 0.444 e. The molecule has 0 atom stereocenters. The maximum Gasteiger partial charge on any atom is 0.410 e. The predicted molar refractivity (Wildman–Crippen MR) is 135 cm³/mol. The Morgan fingerprint density at radius 2 is 1.89 bits per heavy atom. The standard InChI is InChI=1S/C26H28N6O4/c1-26(2,3)36-25(35)31-13-10-16(11-14-31)20-15-21(33)29-23-22-17(8-6-9-18(22)30-32(20)23)28-24(34)19-7-4-5-12-27-19/h4-9,12,15-16H,10-11,13-14H2,1-3H3,(H,28,34)(H,29,33). The molecule has 1 fully saturated rings. The molecule has 2 amide bonds. The van der Waals surface area contributed by atoms with Gasteiger partial charge in [0.15, 0.2) is 0 Å². The van der Waals surface area contributed by atoms with Crippen LogP contribution < -0.4 is 10.9 Å². The van der Waals surface area contributed by atoms with Gasteiger partial charge in [0.2, 0.25) is 0 Å². The highest BCUT2D eigenvalue weighted by Crippen LogP contribution is 2.32. The summed E-state index contributed by atoms with van der Waals surface area (Å²) in [5.74, 6) is -0.315. The van der Waals surface area contributed by atoms with Gasteiger partial charge < -0.3 is 19.9 Å². The van der Waals surface area contributed by atoms with Crippen LogP contribution in [0.3, 0.4) is 0 Å². The second kappa shape index (κ2) is 9.10. The van der Waals surface area contributed by atoms with Crippen LogP contribution in [0.4, 0.5) is 10.5 Å². The summed E-state index contributed by atoms with van der Waals surface area (Å²) in [4.78, 5) is 46.6. The lowest BCUT2D eigenvalue weighted by atomic mass is 9.93. The number of anilines is 1. The molecule has 5 rings (SSSR count). The molecule has 1 aliphatic heterocycles. The van der Waals surface area contributed by atoms with Gasteiger partial charge in [0, 0.05) is 31.3 Å². The average Bonchev–Trinajstić information content (AvgIpc) is 3.22. The molecule has 4 aromatic rings. The lowest BCUT2D eigenvalue weighted by molar-refractivity contribution is 0.0203. The van der Waals surface area contributed by atoms with E-state index in [1.807, 2.05) is 26.8 Å². The summed E-state index contributed by atoms with van der Waals surface area (Å²) >= 11 is 0. The van der Waals surface area contributed by atoms with E-state index in [1.54, 1.807) is 52.0 Å². The average molecular weight is 489 g/mol. The minimum Gasteiger partial charge on any atom is -0.444 e. The molecule has 0 aliphatic carbocycles. The fourth-order valence-electron chi connectivity index (χ4n) is 4.55. The van der Waals surface area contributed by atoms with Crippen LogP contribution in [-0.2, 0) is 4.74 Å². The molecular weight excluding hydrogens is 460 g/mol. The summed E-state index contributed by atoms with van der Waals surface area (Å²) in [5, 5.41) is 8.29. The molecule has 0 unspecified atom stereocenters. The van der Waals surface area contributed by atoms with Gasteiger partial charge in [-0.15, -0.1) is 0 Å². The molecule has 0 radical (unpaired) electrons. The molecule has 1 aromatic carbocycles. The second-order valence-corrected chi connectivity index (χ2v) is 9.93. The first kappa shape index (κ1) is 23.5. The van der Waals surface area contributed by atoms with Crippen LogP contribution in [0.25, 0.3) is 16.6 Å². The van der Waals surface area contributed by atoms with Crippen molar-refractivity contribution in [2.75, 3.05) is 18.4 Å². The van der Waals surface area contributed by atoms with Crippen molar-refractivity contribution in [3.63, 3.8) is 0 Å². The number of aromatic nitrogens is 4. The highest BCUT2D eigenvalue weighted by atomic mass is 16.6. The fourth-order valence-corrected chi connectivity index (χ4v) is 4.55. The van der Waals surface area contributed by atoms with Crippen molar-refractivity contribution in [2.24, 2.45) is 0 Å². The number of fused-ring (bicyclic) bond motifs is 3. The smallest absolute Gasteiger partial charge is 0.410 e. The Morgan fingerprint density at radius 3 is 2.58 bits per heavy atom. The lowest BCUT2D eigenvalue weighted by Crippen LogP contribution is -2.41. The van der Waals surface area contributed by atoms with Crippen LogP contribution in [0.1, 0.15) is 55.7 Å². The number of hydrogen-bond donors (Lipinski definition) is 2. The first-order valence-electron chi connectivity index (χ1n) is 11.9. The number of carbonyl (C=O) groups excluding carboxylic acids is 2. The number of pyridine rings is 1. The Morgan fingerprint density at radius 1 is 1.11 bits per heavy atom. The van der Waals surface area contributed by atoms with Gasteiger partial charge in [-0.05, 0) is 57.9 Å². The number of H-pyrrole nitrogens is 1. The fraction of sp³-hybridized carbons (Fsp3) is 0.346. The van der Waals surface area contributed by atoms with E-state index in [2.05, 4.69) is 15.3 Å². The maximum atomic E-state index is 12.8. The van der Waals surface area contributed by atoms with E-state index < -0.39 is 5.60 Å². The molecule has 10 nitrogen and oxygen atoms in total. The molecule has 0 bridgehead atoms. The minimum absolute atomic E-state index is 0.0364. The number of piperidine rings is 1. The zero-order valence-corrected chi connectivity index (χ0v) is 20.4. The van der Waals surface area contributed by atoms with Crippen LogP contribution in [0.15, 0.2) is 53.5 Å². The molecule has 4 heterocycles. The number of nitrogens with zero attached hydrogens (tertiary/aromatic N) is 4. The van der Waals surface area contributed by atoms with Gasteiger partial charge in [0.1, 0.15) is 16.9 Å². The number of carbonyl (C=O) groups is 2. The van der Waals surface area contributed by atoms with Gasteiger partial charge in [-0.1, -0.05) is 12.1 Å². The summed E-state index contributed by atoms with van der Waals surface area (Å²) in [6, 6.07) is 12.1. The number of ether oxygens (including phenoxy) is 1. The highest BCUT2D eigenvalue weighted by molar-refractivity contribution is 6.11. The summed E-state index contributed by atoms with van der Waals surface area (Å²) in [6.07, 6.45) is 2.59. The van der Waals surface area contributed by atoms with Gasteiger partial charge in [-0.25, -0.2) is 9.31 Å². The zero-order valence-electron chi connectivity index (χ0n) is 20.4. The SMILES string of the molecule is CC(C)(C)OC(=O)N1CCC(c2cc(=O)[nH]c3c4c(NC(=O)c5ccccn5)cccc4nn23)CC1. The summed E-state index contributed by atoms with van der Waals surface area (Å²) in [5.41, 5.74) is 1.95. The van der Waals surface area contributed by atoms with Crippen LogP contribution in [0.2, 0.25) is 0 Å². The van der Waals surface area contributed by atoms with E-state index in [-0.39, 0.29) is 29.2 Å². The molecule has 2 N–H and O–H groups in total. The van der Waals surface area contributed by atoms with E-state index in [0.29, 0.717) is 48.2 Å². The Kier molecular flexibility index (Phi) is 5.95. The normalized spacial score (nSPS) is 14.8. The minimum atomic E-state index is -0.550. The van der Waals surface area contributed by atoms with Crippen LogP contribution >= 0.6 is 0 Å². The van der Waals surface area contributed by atoms with Gasteiger partial charge in [0.25, 0.3) is 11.5 Å². The van der Waals surface area contributed by atoms with Crippen molar-refractivity contribution in [2.45, 2.75) is 45.1 Å². The first-order valence-corrected chi connectivity index (χ1v) is 11.9. The quantitative estimate of drug-likeness (QED) is 0.451. The molecule has 0 spiro atoms. The Bertz CT molecular complexity index is 1490. The summed E-state index contributed by atoms with van der Waals surface area (Å²) < 4.78 is 7.25. The van der Waals surface area contributed by atoms with Crippen molar-refractivity contribution in [3.05, 3.63) is 70.4 Å². The van der Waals surface area contributed by atoms with Crippen molar-refractivity contribution >= 4 is 34.2 Å². The monoisotopic (exact) mass is 488 g/mol. The van der Waals surface area contributed by atoms with Crippen LogP contribution in [0, 0.1) is 0 Å². The van der Waals surface area contributed by atoms with Crippen molar-refractivity contribution < 1.29 is 14.3 Å². The Labute approximate surface area is 207 Å². The number of aromatic amines is 1. The maximum absolute atomic E-state index is 12.8. The number of benzene rings is 1. The molecule has 0 saturated carbocycles. The van der Waals surface area contributed by atoms with Gasteiger partial charge >= 0.3 is 6.09 Å². The lowest BCUT2D eigenvalue weighted by Gasteiger charge is -2.33. The summed E-state index contributed by atoms with van der Waals surface area (Å²) in [6.45, 7) is 6.60. The van der Waals surface area contributed by atoms with Crippen LogP contribution in [-0.4, -0.2) is 55.2 Å². The molecule has 10 heteroatoms. The van der Waals surface area contributed by atoms with Gasteiger partial charge in [0.05, 0.1) is 22.3 Å². The Balaban J connectivity index is 1.46. The molecule has 36 heavy (non-hydrogen) atoms. The second-order valence-electron chi connectivity index (χ2n) is 9.93. The summed E-state index contributed by atoms with van der Waals surface area (Å²) in [7, 11) is 0. The Hall–Kier alpha value is -4.21. The van der Waals surface area contributed by atoms with Gasteiger partial charge in [-0.3, -0.25) is 14.6 Å². The highest BCUT2D eigenvalue weighted by Gasteiger charge is 2.29. The van der Waals surface area contributed by atoms with Crippen molar-refractivity contribution in [1.82, 2.24) is 24.5 Å². The first-order chi connectivity index (χ1) is 17.2. The third-order valence-electron chi connectivity index (χ3n) is 6.17. The number of amides is 2. The van der Waals surface area contributed by atoms with E-state index in [9.17, 15) is 14.4 Å². The molecule has 186 valence electrons. The van der Waals surface area contributed by atoms with E-state index in [4.69, 9.17) is 9.84 Å². The van der Waals surface area contributed by atoms with Crippen molar-refractivity contribution in [1.29, 1.82) is 0 Å². The number of rotatable bonds is 3. The van der Waals surface area contributed by atoms with E-state index in [0.717, 1.165) is 5.69 Å². The topological polar surface area (TPSA) is 122 Å². The molecule has 1 saturated heterocycles.